The number of thioether (sulfide) groups is 1. The van der Waals surface area contributed by atoms with Crippen LogP contribution < -0.4 is 5.32 Å². The summed E-state index contributed by atoms with van der Waals surface area (Å²) in [4.78, 5) is 4.34. The normalized spacial score (nSPS) is 19.8. The van der Waals surface area contributed by atoms with Crippen molar-refractivity contribution in [3.63, 3.8) is 0 Å². The standard InChI is InChI=1S/C10H9Cl3N2S/c1-5-4-14-10(16-5)15-9-3-7(12)6(11)2-8(9)13/h2-3,5H,4H2,1H3,(H,14,15). The fraction of sp³-hybridized carbons (Fsp3) is 0.300. The van der Waals surface area contributed by atoms with Crippen molar-refractivity contribution in [2.75, 3.05) is 11.9 Å². The number of hydrogen-bond donors (Lipinski definition) is 1. The molecular weight excluding hydrogens is 287 g/mol. The topological polar surface area (TPSA) is 24.4 Å². The fourth-order valence-electron chi connectivity index (χ4n) is 1.28. The van der Waals surface area contributed by atoms with Gasteiger partial charge in [0.2, 0.25) is 0 Å². The number of nitrogens with one attached hydrogen (secondary N) is 1. The molecule has 0 fully saturated rings. The highest BCUT2D eigenvalue weighted by atomic mass is 35.5. The van der Waals surface area contributed by atoms with Gasteiger partial charge in [-0.25, -0.2) is 0 Å². The first-order valence-corrected chi connectivity index (χ1v) is 6.70. The van der Waals surface area contributed by atoms with Crippen LogP contribution >= 0.6 is 46.6 Å². The molecule has 0 spiro atoms. The minimum Gasteiger partial charge on any atom is -0.334 e. The zero-order valence-corrected chi connectivity index (χ0v) is 11.5. The molecule has 2 nitrogen and oxygen atoms in total. The highest BCUT2D eigenvalue weighted by molar-refractivity contribution is 8.15. The van der Waals surface area contributed by atoms with Crippen LogP contribution in [0, 0.1) is 0 Å². The van der Waals surface area contributed by atoms with Crippen molar-refractivity contribution in [2.45, 2.75) is 12.2 Å². The molecule has 1 N–H and O–H groups in total. The third kappa shape index (κ3) is 2.77. The molecule has 16 heavy (non-hydrogen) atoms. The van der Waals surface area contributed by atoms with Gasteiger partial charge in [-0.2, -0.15) is 0 Å². The zero-order valence-electron chi connectivity index (χ0n) is 8.43. The largest absolute Gasteiger partial charge is 0.334 e. The Morgan fingerprint density at radius 3 is 2.56 bits per heavy atom. The minimum atomic E-state index is 0.451. The molecule has 0 bridgehead atoms. The van der Waals surface area contributed by atoms with Crippen molar-refractivity contribution in [3.8, 4) is 0 Å². The first-order valence-electron chi connectivity index (χ1n) is 4.69. The van der Waals surface area contributed by atoms with Crippen LogP contribution in [0.25, 0.3) is 0 Å². The van der Waals surface area contributed by atoms with Crippen molar-refractivity contribution < 1.29 is 0 Å². The number of nitrogens with zero attached hydrogens (tertiary/aromatic N) is 1. The van der Waals surface area contributed by atoms with Gasteiger partial charge < -0.3 is 5.32 Å². The maximum Gasteiger partial charge on any atom is 0.161 e. The second kappa shape index (κ2) is 5.05. The summed E-state index contributed by atoms with van der Waals surface area (Å²) in [5.41, 5.74) is 0.733. The van der Waals surface area contributed by atoms with Crippen molar-refractivity contribution in [3.05, 3.63) is 27.2 Å². The van der Waals surface area contributed by atoms with Crippen LogP contribution in [0.15, 0.2) is 17.1 Å². The van der Waals surface area contributed by atoms with Gasteiger partial charge in [0.15, 0.2) is 5.17 Å². The van der Waals surface area contributed by atoms with E-state index in [9.17, 15) is 0 Å². The molecule has 1 aliphatic heterocycles. The lowest BCUT2D eigenvalue weighted by molar-refractivity contribution is 0.976. The Morgan fingerprint density at radius 1 is 1.25 bits per heavy atom. The summed E-state index contributed by atoms with van der Waals surface area (Å²) in [7, 11) is 0. The summed E-state index contributed by atoms with van der Waals surface area (Å²) in [6, 6.07) is 3.33. The van der Waals surface area contributed by atoms with E-state index >= 15 is 0 Å². The molecule has 1 aromatic rings. The van der Waals surface area contributed by atoms with E-state index in [0.717, 1.165) is 17.4 Å². The minimum absolute atomic E-state index is 0.451. The fourth-order valence-corrected chi connectivity index (χ4v) is 2.72. The Morgan fingerprint density at radius 2 is 1.94 bits per heavy atom. The number of amidine groups is 1. The molecule has 1 aromatic carbocycles. The number of rotatable bonds is 1. The molecular formula is C10H9Cl3N2S. The van der Waals surface area contributed by atoms with Crippen LogP contribution in [0.4, 0.5) is 5.69 Å². The molecule has 1 heterocycles. The first kappa shape index (κ1) is 12.4. The molecule has 0 amide bonds. The van der Waals surface area contributed by atoms with E-state index in [4.69, 9.17) is 34.8 Å². The van der Waals surface area contributed by atoms with E-state index in [0.29, 0.717) is 20.3 Å². The van der Waals surface area contributed by atoms with Crippen LogP contribution in [0.5, 0.6) is 0 Å². The summed E-state index contributed by atoms with van der Waals surface area (Å²) in [5.74, 6) is 0. The van der Waals surface area contributed by atoms with E-state index in [1.165, 1.54) is 0 Å². The van der Waals surface area contributed by atoms with E-state index in [1.54, 1.807) is 23.9 Å². The van der Waals surface area contributed by atoms with E-state index in [-0.39, 0.29) is 0 Å². The smallest absolute Gasteiger partial charge is 0.161 e. The van der Waals surface area contributed by atoms with Crippen molar-refractivity contribution >= 4 is 57.4 Å². The van der Waals surface area contributed by atoms with E-state index in [2.05, 4.69) is 17.2 Å². The van der Waals surface area contributed by atoms with Gasteiger partial charge in [-0.15, -0.1) is 0 Å². The second-order valence-corrected chi connectivity index (χ2v) is 6.09. The lowest BCUT2D eigenvalue weighted by atomic mass is 10.3. The average molecular weight is 296 g/mol. The number of anilines is 1. The monoisotopic (exact) mass is 294 g/mol. The predicted octanol–water partition coefficient (Wildman–Crippen LogP) is 4.55. The zero-order chi connectivity index (χ0) is 11.7. The third-order valence-electron chi connectivity index (χ3n) is 2.06. The molecule has 6 heteroatoms. The molecule has 0 saturated carbocycles. The van der Waals surface area contributed by atoms with Gasteiger partial charge >= 0.3 is 0 Å². The van der Waals surface area contributed by atoms with Crippen molar-refractivity contribution in [1.82, 2.24) is 0 Å². The van der Waals surface area contributed by atoms with Crippen LogP contribution in [0.1, 0.15) is 6.92 Å². The van der Waals surface area contributed by atoms with Crippen LogP contribution in [0.3, 0.4) is 0 Å². The van der Waals surface area contributed by atoms with E-state index < -0.39 is 0 Å². The summed E-state index contributed by atoms with van der Waals surface area (Å²) < 4.78 is 0. The average Bonchev–Trinajstić information content (AvgIpc) is 2.60. The Balaban J connectivity index is 2.19. The third-order valence-corrected chi connectivity index (χ3v) is 4.10. The first-order chi connectivity index (χ1) is 7.56. The molecule has 0 saturated heterocycles. The number of aliphatic imine (C=N–C) groups is 1. The van der Waals surface area contributed by atoms with Gasteiger partial charge in [0.25, 0.3) is 0 Å². The predicted molar refractivity (Wildman–Crippen MR) is 74.4 cm³/mol. The summed E-state index contributed by atoms with van der Waals surface area (Å²) in [6.07, 6.45) is 0. The molecule has 0 radical (unpaired) electrons. The molecule has 1 unspecified atom stereocenters. The summed E-state index contributed by atoms with van der Waals surface area (Å²) in [6.45, 7) is 2.95. The maximum atomic E-state index is 6.05. The Labute approximate surface area is 113 Å². The summed E-state index contributed by atoms with van der Waals surface area (Å²) in [5, 5.41) is 5.98. The Bertz CT molecular complexity index is 448. The Hall–Kier alpha value is -0.0900. The number of halogens is 3. The summed E-state index contributed by atoms with van der Waals surface area (Å²) >= 11 is 19.5. The van der Waals surface area contributed by atoms with Crippen LogP contribution in [-0.4, -0.2) is 17.0 Å². The number of benzene rings is 1. The molecule has 0 aromatic heterocycles. The van der Waals surface area contributed by atoms with Crippen LogP contribution in [-0.2, 0) is 0 Å². The molecule has 1 atom stereocenters. The lowest BCUT2D eigenvalue weighted by Gasteiger charge is -2.09. The van der Waals surface area contributed by atoms with Crippen molar-refractivity contribution in [2.24, 2.45) is 4.99 Å². The molecule has 0 aliphatic carbocycles. The molecule has 86 valence electrons. The van der Waals surface area contributed by atoms with Crippen molar-refractivity contribution in [1.29, 1.82) is 0 Å². The van der Waals surface area contributed by atoms with E-state index in [1.807, 2.05) is 0 Å². The van der Waals surface area contributed by atoms with Crippen LogP contribution in [0.2, 0.25) is 15.1 Å². The number of hydrogen-bond acceptors (Lipinski definition) is 3. The SMILES string of the molecule is CC1CN=C(Nc2cc(Cl)c(Cl)cc2Cl)S1. The van der Waals surface area contributed by atoms with Gasteiger partial charge in [0.05, 0.1) is 27.3 Å². The van der Waals surface area contributed by atoms with Gasteiger partial charge in [-0.1, -0.05) is 53.5 Å². The van der Waals surface area contributed by atoms with Gasteiger partial charge in [-0.3, -0.25) is 4.99 Å². The second-order valence-electron chi connectivity index (χ2n) is 3.45. The van der Waals surface area contributed by atoms with Gasteiger partial charge in [0, 0.05) is 5.25 Å². The van der Waals surface area contributed by atoms with Gasteiger partial charge in [-0.05, 0) is 12.1 Å². The quantitative estimate of drug-likeness (QED) is 0.769. The Kier molecular flexibility index (Phi) is 3.90. The molecule has 1 aliphatic rings. The molecule has 2 rings (SSSR count). The highest BCUT2D eigenvalue weighted by Crippen LogP contribution is 2.33. The maximum absolute atomic E-state index is 6.05. The highest BCUT2D eigenvalue weighted by Gasteiger charge is 2.16. The van der Waals surface area contributed by atoms with Gasteiger partial charge in [0.1, 0.15) is 0 Å². The lowest BCUT2D eigenvalue weighted by Crippen LogP contribution is -2.06.